The molecule has 1 N–H and O–H groups in total. The Morgan fingerprint density at radius 3 is 2.28 bits per heavy atom. The smallest absolute Gasteiger partial charge is 0.323 e. The predicted molar refractivity (Wildman–Crippen MR) is 109 cm³/mol. The second-order valence-electron chi connectivity index (χ2n) is 7.25. The Morgan fingerprint density at radius 2 is 1.69 bits per heavy atom. The van der Waals surface area contributed by atoms with Crippen LogP contribution in [0.2, 0.25) is 0 Å². The van der Waals surface area contributed by atoms with Crippen molar-refractivity contribution in [1.29, 1.82) is 0 Å². The molecule has 2 amide bonds. The van der Waals surface area contributed by atoms with E-state index < -0.39 is 17.9 Å². The van der Waals surface area contributed by atoms with Crippen molar-refractivity contribution >= 4 is 17.8 Å². The Bertz CT molecular complexity index is 854. The predicted octanol–water partition coefficient (Wildman–Crippen LogP) is 3.10. The number of hydrogen-bond donors (Lipinski definition) is 1. The highest BCUT2D eigenvalue weighted by molar-refractivity contribution is 5.87. The Morgan fingerprint density at radius 1 is 1.07 bits per heavy atom. The van der Waals surface area contributed by atoms with Crippen LogP contribution < -0.4 is 0 Å². The molecule has 0 spiro atoms. The molecule has 6 nitrogen and oxygen atoms in total. The number of likely N-dealkylation sites (tertiary alicyclic amines) is 1. The summed E-state index contributed by atoms with van der Waals surface area (Å²) >= 11 is 0. The number of carboxylic acids is 1. The van der Waals surface area contributed by atoms with Gasteiger partial charge < -0.3 is 14.9 Å². The van der Waals surface area contributed by atoms with E-state index in [-0.39, 0.29) is 24.8 Å². The monoisotopic (exact) mass is 394 g/mol. The summed E-state index contributed by atoms with van der Waals surface area (Å²) in [5, 5.41) is 9.18. The molecule has 2 aromatic rings. The van der Waals surface area contributed by atoms with Crippen molar-refractivity contribution in [3.05, 3.63) is 71.8 Å². The molecule has 152 valence electrons. The molecule has 1 fully saturated rings. The maximum atomic E-state index is 13.3. The highest BCUT2D eigenvalue weighted by atomic mass is 16.4. The van der Waals surface area contributed by atoms with E-state index in [0.717, 1.165) is 11.1 Å². The van der Waals surface area contributed by atoms with Crippen molar-refractivity contribution in [2.75, 3.05) is 13.1 Å². The summed E-state index contributed by atoms with van der Waals surface area (Å²) < 4.78 is 0. The lowest BCUT2D eigenvalue weighted by Crippen LogP contribution is -2.49. The quantitative estimate of drug-likeness (QED) is 0.783. The highest BCUT2D eigenvalue weighted by Crippen LogP contribution is 2.38. The lowest BCUT2D eigenvalue weighted by molar-refractivity contribution is -0.152. The van der Waals surface area contributed by atoms with Gasteiger partial charge in [-0.15, -0.1) is 0 Å². The van der Waals surface area contributed by atoms with Crippen LogP contribution in [0.3, 0.4) is 0 Å². The van der Waals surface area contributed by atoms with Crippen molar-refractivity contribution in [3.8, 4) is 0 Å². The van der Waals surface area contributed by atoms with Gasteiger partial charge in [0, 0.05) is 19.5 Å². The third-order valence-electron chi connectivity index (χ3n) is 5.38. The molecule has 6 heteroatoms. The minimum Gasteiger partial charge on any atom is -0.480 e. The minimum atomic E-state index is -1.04. The highest BCUT2D eigenvalue weighted by Gasteiger charge is 2.42. The molecule has 2 aromatic carbocycles. The molecule has 0 bridgehead atoms. The summed E-state index contributed by atoms with van der Waals surface area (Å²) in [6.45, 7) is 2.16. The summed E-state index contributed by atoms with van der Waals surface area (Å²) in [5.41, 5.74) is 1.88. The van der Waals surface area contributed by atoms with Gasteiger partial charge in [-0.3, -0.25) is 14.4 Å². The van der Waals surface area contributed by atoms with Gasteiger partial charge in [0.05, 0.1) is 12.0 Å². The molecular weight excluding hydrogens is 368 g/mol. The first-order valence-electron chi connectivity index (χ1n) is 9.90. The number of aliphatic carboxylic acids is 1. The first kappa shape index (κ1) is 20.6. The van der Waals surface area contributed by atoms with Crippen LogP contribution in [0, 0.1) is 5.92 Å². The molecule has 1 saturated heterocycles. The van der Waals surface area contributed by atoms with E-state index in [1.165, 1.54) is 4.90 Å². The van der Waals surface area contributed by atoms with E-state index in [2.05, 4.69) is 0 Å². The number of carbonyl (C=O) groups is 3. The fourth-order valence-corrected chi connectivity index (χ4v) is 3.98. The number of piperidine rings is 1. The van der Waals surface area contributed by atoms with E-state index in [4.69, 9.17) is 0 Å². The van der Waals surface area contributed by atoms with E-state index in [0.29, 0.717) is 19.5 Å². The number of benzene rings is 2. The standard InChI is InChI=1S/C23H26N2O4/c1-2-24(16-21(27)28)23(29)19-13-14-20(26)25(15-17-9-5-3-6-10-17)22(19)18-11-7-4-8-12-18/h3-12,19,22H,2,13-16H2,1H3,(H,27,28). The van der Waals surface area contributed by atoms with Crippen molar-refractivity contribution < 1.29 is 19.5 Å². The van der Waals surface area contributed by atoms with Gasteiger partial charge >= 0.3 is 5.97 Å². The molecule has 29 heavy (non-hydrogen) atoms. The zero-order chi connectivity index (χ0) is 20.8. The van der Waals surface area contributed by atoms with Crippen molar-refractivity contribution in [3.63, 3.8) is 0 Å². The number of amides is 2. The SMILES string of the molecule is CCN(CC(=O)O)C(=O)C1CCC(=O)N(Cc2ccccc2)C1c1ccccc1. The molecule has 0 aliphatic carbocycles. The lowest BCUT2D eigenvalue weighted by atomic mass is 9.83. The van der Waals surface area contributed by atoms with E-state index in [1.54, 1.807) is 11.8 Å². The molecule has 1 aliphatic heterocycles. The van der Waals surface area contributed by atoms with Crippen molar-refractivity contribution in [2.45, 2.75) is 32.4 Å². The second kappa shape index (κ2) is 9.37. The number of hydrogen-bond acceptors (Lipinski definition) is 3. The Kier molecular flexibility index (Phi) is 6.65. The average molecular weight is 394 g/mol. The van der Waals surface area contributed by atoms with Gasteiger partial charge in [-0.2, -0.15) is 0 Å². The van der Waals surface area contributed by atoms with Crippen LogP contribution in [-0.2, 0) is 20.9 Å². The summed E-state index contributed by atoms with van der Waals surface area (Å²) in [4.78, 5) is 40.5. The summed E-state index contributed by atoms with van der Waals surface area (Å²) in [5.74, 6) is -1.72. The normalized spacial score (nSPS) is 19.1. The van der Waals surface area contributed by atoms with Crippen LogP contribution >= 0.6 is 0 Å². The summed E-state index contributed by atoms with van der Waals surface area (Å²) in [7, 11) is 0. The second-order valence-corrected chi connectivity index (χ2v) is 7.25. The molecule has 1 aliphatic rings. The zero-order valence-electron chi connectivity index (χ0n) is 16.5. The number of carbonyl (C=O) groups excluding carboxylic acids is 2. The maximum absolute atomic E-state index is 13.3. The number of nitrogens with zero attached hydrogens (tertiary/aromatic N) is 2. The number of rotatable bonds is 7. The van der Waals surface area contributed by atoms with Crippen LogP contribution in [0.25, 0.3) is 0 Å². The third kappa shape index (κ3) is 4.83. The van der Waals surface area contributed by atoms with Crippen LogP contribution in [-0.4, -0.2) is 45.8 Å². The molecule has 0 radical (unpaired) electrons. The fraction of sp³-hybridized carbons (Fsp3) is 0.348. The molecule has 2 atom stereocenters. The molecular formula is C23H26N2O4. The Hall–Kier alpha value is -3.15. The van der Waals surface area contributed by atoms with E-state index in [9.17, 15) is 19.5 Å². The fourth-order valence-electron chi connectivity index (χ4n) is 3.98. The number of likely N-dealkylation sites (N-methyl/N-ethyl adjacent to an activating group) is 1. The molecule has 1 heterocycles. The van der Waals surface area contributed by atoms with E-state index in [1.807, 2.05) is 60.7 Å². The van der Waals surface area contributed by atoms with Crippen LogP contribution in [0.5, 0.6) is 0 Å². The maximum Gasteiger partial charge on any atom is 0.323 e. The van der Waals surface area contributed by atoms with Crippen LogP contribution in [0.1, 0.15) is 36.9 Å². The van der Waals surface area contributed by atoms with E-state index >= 15 is 0 Å². The van der Waals surface area contributed by atoms with Crippen molar-refractivity contribution in [1.82, 2.24) is 9.80 Å². The van der Waals surface area contributed by atoms with Crippen LogP contribution in [0.4, 0.5) is 0 Å². The molecule has 3 rings (SSSR count). The average Bonchev–Trinajstić information content (AvgIpc) is 2.74. The summed E-state index contributed by atoms with van der Waals surface area (Å²) in [6.07, 6.45) is 0.690. The Labute approximate surface area is 170 Å². The number of carboxylic acid groups (broad SMARTS) is 1. The lowest BCUT2D eigenvalue weighted by Gasteiger charge is -2.42. The molecule has 2 unspecified atom stereocenters. The molecule has 0 aromatic heterocycles. The zero-order valence-corrected chi connectivity index (χ0v) is 16.5. The van der Waals surface area contributed by atoms with Gasteiger partial charge in [-0.25, -0.2) is 0 Å². The van der Waals surface area contributed by atoms with Gasteiger partial charge in [0.25, 0.3) is 0 Å². The van der Waals surface area contributed by atoms with Gasteiger partial charge in [-0.05, 0) is 24.5 Å². The first-order chi connectivity index (χ1) is 14.0. The van der Waals surface area contributed by atoms with Crippen LogP contribution in [0.15, 0.2) is 60.7 Å². The largest absolute Gasteiger partial charge is 0.480 e. The minimum absolute atomic E-state index is 0.00744. The van der Waals surface area contributed by atoms with Gasteiger partial charge in [-0.1, -0.05) is 60.7 Å². The van der Waals surface area contributed by atoms with Gasteiger partial charge in [0.2, 0.25) is 11.8 Å². The van der Waals surface area contributed by atoms with Crippen molar-refractivity contribution in [2.24, 2.45) is 5.92 Å². The Balaban J connectivity index is 1.97. The first-order valence-corrected chi connectivity index (χ1v) is 9.90. The van der Waals surface area contributed by atoms with Gasteiger partial charge in [0.1, 0.15) is 6.54 Å². The molecule has 0 saturated carbocycles. The van der Waals surface area contributed by atoms with Gasteiger partial charge in [0.15, 0.2) is 0 Å². The topological polar surface area (TPSA) is 77.9 Å². The third-order valence-corrected chi connectivity index (χ3v) is 5.38. The summed E-state index contributed by atoms with van der Waals surface area (Å²) in [6, 6.07) is 18.8.